The molecule has 0 bridgehead atoms. The molecular weight excluding hydrogens is 354 g/mol. The highest BCUT2D eigenvalue weighted by atomic mass is 35.5. The van der Waals surface area contributed by atoms with Gasteiger partial charge in [-0.3, -0.25) is 4.79 Å². The fourth-order valence-electron chi connectivity index (χ4n) is 2.86. The third-order valence-corrected chi connectivity index (χ3v) is 4.79. The number of rotatable bonds is 5. The normalized spacial score (nSPS) is 14.3. The maximum absolute atomic E-state index is 12.5. The van der Waals surface area contributed by atoms with E-state index in [1.54, 1.807) is 31.6 Å². The molecule has 1 aliphatic rings. The van der Waals surface area contributed by atoms with E-state index in [1.807, 2.05) is 17.9 Å². The molecular formula is C18H22ClN5O2. The van der Waals surface area contributed by atoms with Crippen molar-refractivity contribution < 1.29 is 9.53 Å². The summed E-state index contributed by atoms with van der Waals surface area (Å²) in [6.07, 6.45) is 3.45. The second kappa shape index (κ2) is 8.23. The lowest BCUT2D eigenvalue weighted by atomic mass is 10.2. The average molecular weight is 376 g/mol. The number of carbonyl (C=O) groups is 1. The standard InChI is InChI=1S/C18H22ClN5O2/c1-13-10-15(16(26-2)11-14(13)19)22-12-17(25)23-6-8-24(9-7-23)18-20-4-3-5-21-18/h3-5,10-11,22H,6-9,12H2,1-2H3. The third kappa shape index (κ3) is 4.16. The molecule has 138 valence electrons. The lowest BCUT2D eigenvalue weighted by Crippen LogP contribution is -2.50. The van der Waals surface area contributed by atoms with Crippen molar-refractivity contribution >= 4 is 29.1 Å². The number of amides is 1. The zero-order valence-corrected chi connectivity index (χ0v) is 15.7. The molecule has 7 nitrogen and oxygen atoms in total. The number of aromatic nitrogens is 2. The number of anilines is 2. The maximum atomic E-state index is 12.5. The molecule has 1 amide bonds. The molecule has 2 heterocycles. The zero-order chi connectivity index (χ0) is 18.5. The van der Waals surface area contributed by atoms with E-state index in [-0.39, 0.29) is 12.5 Å². The molecule has 0 atom stereocenters. The van der Waals surface area contributed by atoms with Gasteiger partial charge in [0.2, 0.25) is 11.9 Å². The molecule has 26 heavy (non-hydrogen) atoms. The number of methoxy groups -OCH3 is 1. The van der Waals surface area contributed by atoms with Gasteiger partial charge < -0.3 is 19.9 Å². The molecule has 1 aromatic heterocycles. The van der Waals surface area contributed by atoms with Gasteiger partial charge in [0.05, 0.1) is 19.3 Å². The number of hydrogen-bond acceptors (Lipinski definition) is 6. The molecule has 0 unspecified atom stereocenters. The summed E-state index contributed by atoms with van der Waals surface area (Å²) in [5, 5.41) is 3.80. The first-order valence-electron chi connectivity index (χ1n) is 8.46. The largest absolute Gasteiger partial charge is 0.495 e. The molecule has 0 radical (unpaired) electrons. The van der Waals surface area contributed by atoms with E-state index in [9.17, 15) is 4.79 Å². The van der Waals surface area contributed by atoms with Crippen LogP contribution in [0.1, 0.15) is 5.56 Å². The van der Waals surface area contributed by atoms with Gasteiger partial charge in [0.25, 0.3) is 0 Å². The van der Waals surface area contributed by atoms with E-state index in [4.69, 9.17) is 16.3 Å². The van der Waals surface area contributed by atoms with Crippen LogP contribution in [-0.4, -0.2) is 60.6 Å². The first kappa shape index (κ1) is 18.3. The predicted molar refractivity (Wildman–Crippen MR) is 102 cm³/mol. The third-order valence-electron chi connectivity index (χ3n) is 4.38. The van der Waals surface area contributed by atoms with Crippen LogP contribution in [0.15, 0.2) is 30.6 Å². The first-order valence-corrected chi connectivity index (χ1v) is 8.84. The Balaban J connectivity index is 1.54. The predicted octanol–water partition coefficient (Wildman–Crippen LogP) is 2.21. The molecule has 1 fully saturated rings. The topological polar surface area (TPSA) is 70.6 Å². The number of nitrogens with one attached hydrogen (secondary N) is 1. The molecule has 1 saturated heterocycles. The molecule has 3 rings (SSSR count). The van der Waals surface area contributed by atoms with E-state index >= 15 is 0 Å². The van der Waals surface area contributed by atoms with Crippen LogP contribution in [0.25, 0.3) is 0 Å². The number of piperazine rings is 1. The van der Waals surface area contributed by atoms with Crippen molar-refractivity contribution in [3.63, 3.8) is 0 Å². The summed E-state index contributed by atoms with van der Waals surface area (Å²) in [5.41, 5.74) is 1.69. The molecule has 0 spiro atoms. The molecule has 1 N–H and O–H groups in total. The van der Waals surface area contributed by atoms with Gasteiger partial charge in [-0.05, 0) is 24.6 Å². The van der Waals surface area contributed by atoms with E-state index in [1.165, 1.54) is 0 Å². The Morgan fingerprint density at radius 3 is 2.58 bits per heavy atom. The van der Waals surface area contributed by atoms with Crippen LogP contribution in [0.2, 0.25) is 5.02 Å². The van der Waals surface area contributed by atoms with Crippen LogP contribution < -0.4 is 15.0 Å². The summed E-state index contributed by atoms with van der Waals surface area (Å²) in [6.45, 7) is 4.86. The van der Waals surface area contributed by atoms with Gasteiger partial charge in [-0.25, -0.2) is 9.97 Å². The summed E-state index contributed by atoms with van der Waals surface area (Å²) in [5.74, 6) is 1.38. The van der Waals surface area contributed by atoms with Crippen LogP contribution in [0, 0.1) is 6.92 Å². The van der Waals surface area contributed by atoms with Gasteiger partial charge in [-0.2, -0.15) is 0 Å². The lowest BCUT2D eigenvalue weighted by Gasteiger charge is -2.34. The Morgan fingerprint density at radius 2 is 1.92 bits per heavy atom. The smallest absolute Gasteiger partial charge is 0.241 e. The Hall–Kier alpha value is -2.54. The number of carbonyl (C=O) groups excluding carboxylic acids is 1. The summed E-state index contributed by atoms with van der Waals surface area (Å²) in [4.78, 5) is 25.0. The first-order chi connectivity index (χ1) is 12.6. The number of aryl methyl sites for hydroxylation is 1. The fourth-order valence-corrected chi connectivity index (χ4v) is 3.02. The van der Waals surface area contributed by atoms with E-state index in [2.05, 4.69) is 20.2 Å². The quantitative estimate of drug-likeness (QED) is 0.864. The summed E-state index contributed by atoms with van der Waals surface area (Å²) in [7, 11) is 1.58. The fraction of sp³-hybridized carbons (Fsp3) is 0.389. The van der Waals surface area contributed by atoms with Crippen molar-refractivity contribution in [1.29, 1.82) is 0 Å². The van der Waals surface area contributed by atoms with Crippen molar-refractivity contribution in [2.45, 2.75) is 6.92 Å². The minimum absolute atomic E-state index is 0.0493. The van der Waals surface area contributed by atoms with Gasteiger partial charge in [-0.1, -0.05) is 11.6 Å². The van der Waals surface area contributed by atoms with E-state index < -0.39 is 0 Å². The zero-order valence-electron chi connectivity index (χ0n) is 14.9. The van der Waals surface area contributed by atoms with Gasteiger partial charge >= 0.3 is 0 Å². The Labute approximate surface area is 157 Å². The number of nitrogens with zero attached hydrogens (tertiary/aromatic N) is 4. The lowest BCUT2D eigenvalue weighted by molar-refractivity contribution is -0.129. The van der Waals surface area contributed by atoms with Gasteiger partial charge in [0, 0.05) is 49.7 Å². The Kier molecular flexibility index (Phi) is 5.78. The highest BCUT2D eigenvalue weighted by Gasteiger charge is 2.22. The molecule has 8 heteroatoms. The van der Waals surface area contributed by atoms with Crippen molar-refractivity contribution in [1.82, 2.24) is 14.9 Å². The molecule has 1 aliphatic heterocycles. The molecule has 0 saturated carbocycles. The van der Waals surface area contributed by atoms with Crippen LogP contribution in [0.5, 0.6) is 5.75 Å². The molecule has 0 aliphatic carbocycles. The minimum atomic E-state index is 0.0493. The van der Waals surface area contributed by atoms with Crippen LogP contribution in [0.3, 0.4) is 0 Å². The van der Waals surface area contributed by atoms with Gasteiger partial charge in [0.1, 0.15) is 5.75 Å². The summed E-state index contributed by atoms with van der Waals surface area (Å²) < 4.78 is 5.33. The van der Waals surface area contributed by atoms with Crippen LogP contribution >= 0.6 is 11.6 Å². The highest BCUT2D eigenvalue weighted by molar-refractivity contribution is 6.31. The van der Waals surface area contributed by atoms with Crippen molar-refractivity contribution in [3.8, 4) is 5.75 Å². The molecule has 1 aromatic carbocycles. The van der Waals surface area contributed by atoms with Gasteiger partial charge in [0.15, 0.2) is 0 Å². The summed E-state index contributed by atoms with van der Waals surface area (Å²) >= 11 is 6.12. The number of ether oxygens (including phenoxy) is 1. The van der Waals surface area contributed by atoms with Gasteiger partial charge in [-0.15, -0.1) is 0 Å². The average Bonchev–Trinajstić information content (AvgIpc) is 2.69. The van der Waals surface area contributed by atoms with Crippen molar-refractivity contribution in [2.24, 2.45) is 0 Å². The Bertz CT molecular complexity index is 764. The monoisotopic (exact) mass is 375 g/mol. The second-order valence-electron chi connectivity index (χ2n) is 6.07. The number of halogens is 1. The van der Waals surface area contributed by atoms with E-state index in [0.29, 0.717) is 29.8 Å². The van der Waals surface area contributed by atoms with Crippen molar-refractivity contribution in [2.75, 3.05) is 50.1 Å². The maximum Gasteiger partial charge on any atom is 0.241 e. The Morgan fingerprint density at radius 1 is 1.23 bits per heavy atom. The second-order valence-corrected chi connectivity index (χ2v) is 6.48. The van der Waals surface area contributed by atoms with Crippen LogP contribution in [0.4, 0.5) is 11.6 Å². The summed E-state index contributed by atoms with van der Waals surface area (Å²) in [6, 6.07) is 5.43. The van der Waals surface area contributed by atoms with E-state index in [0.717, 1.165) is 24.3 Å². The van der Waals surface area contributed by atoms with Crippen LogP contribution in [-0.2, 0) is 4.79 Å². The number of hydrogen-bond donors (Lipinski definition) is 1. The minimum Gasteiger partial charge on any atom is -0.495 e. The molecule has 2 aromatic rings. The highest BCUT2D eigenvalue weighted by Crippen LogP contribution is 2.30. The van der Waals surface area contributed by atoms with Crippen molar-refractivity contribution in [3.05, 3.63) is 41.2 Å². The SMILES string of the molecule is COc1cc(Cl)c(C)cc1NCC(=O)N1CCN(c2ncccn2)CC1. The number of benzene rings is 1.